The summed E-state index contributed by atoms with van der Waals surface area (Å²) in [7, 11) is -2.35. The van der Waals surface area contributed by atoms with Crippen LogP contribution in [0.5, 0.6) is 17.2 Å². The Balaban J connectivity index is 1.51. The normalized spacial score (nSPS) is 15.3. The standard InChI is InChI=1S/C33H39N3O7S/c1-41-28-14-8-11-25(19-28)22-35(29(20-24-9-4-3-5-10-24)33(38)34-26-12-6-7-13-26)32(37)23-36(44(2,39)40)27-15-16-30-31(21-27)43-18-17-42-30/h3-5,8-11,14-16,19,21,26,29H,6-7,12-13,17-18,20,22-23H2,1-2H3,(H,34,38). The van der Waals surface area contributed by atoms with Gasteiger partial charge in [0.25, 0.3) is 0 Å². The highest BCUT2D eigenvalue weighted by molar-refractivity contribution is 7.92. The molecule has 3 aromatic carbocycles. The maximum atomic E-state index is 14.3. The summed E-state index contributed by atoms with van der Waals surface area (Å²) in [6.45, 7) is 0.292. The number of methoxy groups -OCH3 is 1. The first kappa shape index (κ1) is 31.2. The van der Waals surface area contributed by atoms with Gasteiger partial charge in [-0.3, -0.25) is 13.9 Å². The van der Waals surface area contributed by atoms with Gasteiger partial charge in [0.05, 0.1) is 19.1 Å². The van der Waals surface area contributed by atoms with Gasteiger partial charge in [-0.05, 0) is 48.2 Å². The average molecular weight is 622 g/mol. The summed E-state index contributed by atoms with van der Waals surface area (Å²) in [6, 6.07) is 20.7. The van der Waals surface area contributed by atoms with Gasteiger partial charge in [0.15, 0.2) is 11.5 Å². The van der Waals surface area contributed by atoms with Gasteiger partial charge in [-0.25, -0.2) is 8.42 Å². The number of benzene rings is 3. The minimum absolute atomic E-state index is 0.0415. The third-order valence-electron chi connectivity index (χ3n) is 7.95. The van der Waals surface area contributed by atoms with Gasteiger partial charge in [-0.2, -0.15) is 0 Å². The van der Waals surface area contributed by atoms with Crippen molar-refractivity contribution in [3.63, 3.8) is 0 Å². The fourth-order valence-corrected chi connectivity index (χ4v) is 6.53. The van der Waals surface area contributed by atoms with Crippen molar-refractivity contribution in [1.82, 2.24) is 10.2 Å². The van der Waals surface area contributed by atoms with Crippen LogP contribution in [0.3, 0.4) is 0 Å². The molecule has 1 unspecified atom stereocenters. The third kappa shape index (κ3) is 7.82. The SMILES string of the molecule is COc1cccc(CN(C(=O)CN(c2ccc3c(c2)OCCO3)S(C)(=O)=O)C(Cc2ccccc2)C(=O)NC2CCCC2)c1. The minimum Gasteiger partial charge on any atom is -0.497 e. The number of nitrogens with zero attached hydrogens (tertiary/aromatic N) is 2. The Morgan fingerprint density at radius 3 is 2.34 bits per heavy atom. The molecule has 0 saturated heterocycles. The van der Waals surface area contributed by atoms with Crippen LogP contribution in [0.1, 0.15) is 36.8 Å². The molecule has 2 amide bonds. The lowest BCUT2D eigenvalue weighted by Crippen LogP contribution is -2.54. The Kier molecular flexibility index (Phi) is 9.94. The lowest BCUT2D eigenvalue weighted by molar-refractivity contribution is -0.140. The molecule has 0 radical (unpaired) electrons. The summed E-state index contributed by atoms with van der Waals surface area (Å²) in [6.07, 6.45) is 5.17. The molecule has 1 atom stereocenters. The van der Waals surface area contributed by atoms with Gasteiger partial charge in [0.2, 0.25) is 21.8 Å². The van der Waals surface area contributed by atoms with E-state index in [0.717, 1.165) is 47.4 Å². The number of fused-ring (bicyclic) bond motifs is 1. The molecule has 234 valence electrons. The van der Waals surface area contributed by atoms with E-state index < -0.39 is 28.5 Å². The number of amides is 2. The number of hydrogen-bond donors (Lipinski definition) is 1. The number of sulfonamides is 1. The van der Waals surface area contributed by atoms with E-state index in [2.05, 4.69) is 5.32 Å². The van der Waals surface area contributed by atoms with Crippen LogP contribution in [0.4, 0.5) is 5.69 Å². The summed E-state index contributed by atoms with van der Waals surface area (Å²) in [5.41, 5.74) is 1.89. The first-order valence-electron chi connectivity index (χ1n) is 14.9. The van der Waals surface area contributed by atoms with E-state index in [-0.39, 0.29) is 30.6 Å². The number of hydrogen-bond acceptors (Lipinski definition) is 7. The van der Waals surface area contributed by atoms with Gasteiger partial charge in [0, 0.05) is 25.1 Å². The topological polar surface area (TPSA) is 114 Å². The van der Waals surface area contributed by atoms with Crippen molar-refractivity contribution in [2.24, 2.45) is 0 Å². The zero-order chi connectivity index (χ0) is 31.1. The quantitative estimate of drug-likeness (QED) is 0.326. The van der Waals surface area contributed by atoms with E-state index in [1.807, 2.05) is 48.5 Å². The molecule has 1 saturated carbocycles. The van der Waals surface area contributed by atoms with E-state index >= 15 is 0 Å². The number of carbonyl (C=O) groups excluding carboxylic acids is 2. The van der Waals surface area contributed by atoms with E-state index in [0.29, 0.717) is 30.5 Å². The maximum absolute atomic E-state index is 14.3. The smallest absolute Gasteiger partial charge is 0.244 e. The number of carbonyl (C=O) groups is 2. The molecular weight excluding hydrogens is 582 g/mol. The largest absolute Gasteiger partial charge is 0.497 e. The Labute approximate surface area is 259 Å². The summed E-state index contributed by atoms with van der Waals surface area (Å²) < 4.78 is 43.9. The molecule has 44 heavy (non-hydrogen) atoms. The van der Waals surface area contributed by atoms with Crippen LogP contribution in [0.25, 0.3) is 0 Å². The second-order valence-electron chi connectivity index (χ2n) is 11.2. The van der Waals surface area contributed by atoms with Crippen molar-refractivity contribution in [1.29, 1.82) is 0 Å². The molecule has 1 aliphatic carbocycles. The highest BCUT2D eigenvalue weighted by Gasteiger charge is 2.34. The third-order valence-corrected chi connectivity index (χ3v) is 9.09. The fourth-order valence-electron chi connectivity index (χ4n) is 5.69. The molecule has 1 aliphatic heterocycles. The lowest BCUT2D eigenvalue weighted by Gasteiger charge is -2.34. The first-order valence-corrected chi connectivity index (χ1v) is 16.7. The van der Waals surface area contributed by atoms with E-state index in [1.165, 1.54) is 4.90 Å². The molecule has 3 aromatic rings. The summed E-state index contributed by atoms with van der Waals surface area (Å²) in [5, 5.41) is 3.17. The molecule has 5 rings (SSSR count). The highest BCUT2D eigenvalue weighted by atomic mass is 32.2. The Morgan fingerprint density at radius 1 is 0.932 bits per heavy atom. The van der Waals surface area contributed by atoms with E-state index in [1.54, 1.807) is 31.4 Å². The van der Waals surface area contributed by atoms with Crippen LogP contribution in [0.15, 0.2) is 72.8 Å². The molecule has 0 bridgehead atoms. The van der Waals surface area contributed by atoms with Gasteiger partial charge < -0.3 is 24.4 Å². The number of rotatable bonds is 12. The van der Waals surface area contributed by atoms with Crippen molar-refractivity contribution < 1.29 is 32.2 Å². The van der Waals surface area contributed by atoms with E-state index in [9.17, 15) is 18.0 Å². The van der Waals surface area contributed by atoms with Gasteiger partial charge >= 0.3 is 0 Å². The van der Waals surface area contributed by atoms with Gasteiger partial charge in [-0.1, -0.05) is 55.3 Å². The van der Waals surface area contributed by atoms with E-state index in [4.69, 9.17) is 14.2 Å². The molecule has 1 heterocycles. The molecule has 1 N–H and O–H groups in total. The van der Waals surface area contributed by atoms with Crippen LogP contribution in [0, 0.1) is 0 Å². The van der Waals surface area contributed by atoms with Crippen molar-refractivity contribution in [3.05, 3.63) is 83.9 Å². The Morgan fingerprint density at radius 2 is 1.64 bits per heavy atom. The number of anilines is 1. The summed E-state index contributed by atoms with van der Waals surface area (Å²) in [4.78, 5) is 29.8. The van der Waals surface area contributed by atoms with Crippen molar-refractivity contribution in [3.8, 4) is 17.2 Å². The molecule has 10 nitrogen and oxygen atoms in total. The minimum atomic E-state index is -3.91. The van der Waals surface area contributed by atoms with Gasteiger partial charge in [-0.15, -0.1) is 0 Å². The second kappa shape index (κ2) is 14.0. The zero-order valence-corrected chi connectivity index (χ0v) is 25.9. The Bertz CT molecular complexity index is 1560. The molecule has 2 aliphatic rings. The van der Waals surface area contributed by atoms with Crippen LogP contribution < -0.4 is 23.8 Å². The van der Waals surface area contributed by atoms with Crippen molar-refractivity contribution >= 4 is 27.5 Å². The monoisotopic (exact) mass is 621 g/mol. The van der Waals surface area contributed by atoms with Crippen LogP contribution in [0.2, 0.25) is 0 Å². The molecular formula is C33H39N3O7S. The molecule has 0 spiro atoms. The number of nitrogens with one attached hydrogen (secondary N) is 1. The van der Waals surface area contributed by atoms with Gasteiger partial charge in [0.1, 0.15) is 31.5 Å². The zero-order valence-electron chi connectivity index (χ0n) is 25.1. The summed E-state index contributed by atoms with van der Waals surface area (Å²) >= 11 is 0. The number of ether oxygens (including phenoxy) is 3. The van der Waals surface area contributed by atoms with Crippen LogP contribution >= 0.6 is 0 Å². The average Bonchev–Trinajstić information content (AvgIpc) is 3.54. The summed E-state index contributed by atoms with van der Waals surface area (Å²) in [5.74, 6) is 0.740. The highest BCUT2D eigenvalue weighted by Crippen LogP contribution is 2.35. The molecule has 1 fully saturated rings. The first-order chi connectivity index (χ1) is 21.2. The predicted molar refractivity (Wildman–Crippen MR) is 167 cm³/mol. The van der Waals surface area contributed by atoms with Crippen molar-refractivity contribution in [2.75, 3.05) is 37.4 Å². The van der Waals surface area contributed by atoms with Crippen molar-refractivity contribution in [2.45, 2.75) is 50.7 Å². The Hall–Kier alpha value is -4.25. The maximum Gasteiger partial charge on any atom is 0.244 e. The predicted octanol–water partition coefficient (Wildman–Crippen LogP) is 3.93. The lowest BCUT2D eigenvalue weighted by atomic mass is 10.0. The fraction of sp³-hybridized carbons (Fsp3) is 0.394. The molecule has 0 aromatic heterocycles. The molecule has 11 heteroatoms. The van der Waals surface area contributed by atoms with Crippen LogP contribution in [-0.2, 0) is 32.6 Å². The van der Waals surface area contributed by atoms with Crippen LogP contribution in [-0.4, -0.2) is 70.3 Å². The second-order valence-corrected chi connectivity index (χ2v) is 13.1.